The minimum atomic E-state index is -0.843. The third-order valence-electron chi connectivity index (χ3n) is 6.42. The van der Waals surface area contributed by atoms with E-state index in [9.17, 15) is 19.2 Å². The van der Waals surface area contributed by atoms with Crippen molar-refractivity contribution < 1.29 is 23.9 Å². The van der Waals surface area contributed by atoms with Gasteiger partial charge in [-0.1, -0.05) is 77.3 Å². The molecule has 1 aromatic rings. The van der Waals surface area contributed by atoms with Crippen LogP contribution in [-0.4, -0.2) is 53.8 Å². The van der Waals surface area contributed by atoms with Gasteiger partial charge in [0, 0.05) is 6.04 Å². The molecule has 0 aliphatic heterocycles. The molecule has 2 N–H and O–H groups in total. The minimum Gasteiger partial charge on any atom is -0.445 e. The predicted molar refractivity (Wildman–Crippen MR) is 139 cm³/mol. The summed E-state index contributed by atoms with van der Waals surface area (Å²) in [6.45, 7) is 8.02. The molecule has 8 nitrogen and oxygen atoms in total. The van der Waals surface area contributed by atoms with Crippen molar-refractivity contribution in [2.24, 2.45) is 11.8 Å². The summed E-state index contributed by atoms with van der Waals surface area (Å²) in [6, 6.07) is 7.71. The minimum absolute atomic E-state index is 0.0144. The van der Waals surface area contributed by atoms with Crippen molar-refractivity contribution in [2.75, 3.05) is 6.54 Å². The summed E-state index contributed by atoms with van der Waals surface area (Å²) in [4.78, 5) is 52.4. The Hall–Kier alpha value is -2.90. The van der Waals surface area contributed by atoms with E-state index in [1.165, 1.54) is 0 Å². The highest BCUT2D eigenvalue weighted by Gasteiger charge is 2.33. The highest BCUT2D eigenvalue weighted by atomic mass is 16.5. The molecular weight excluding hydrogens is 458 g/mol. The number of nitrogens with zero attached hydrogens (tertiary/aromatic N) is 1. The maximum atomic E-state index is 13.6. The molecule has 3 amide bonds. The molecule has 1 saturated carbocycles. The van der Waals surface area contributed by atoms with Crippen molar-refractivity contribution in [2.45, 2.75) is 97.4 Å². The second-order valence-corrected chi connectivity index (χ2v) is 10.5. The quantitative estimate of drug-likeness (QED) is 0.394. The molecule has 0 spiro atoms. The van der Waals surface area contributed by atoms with Crippen LogP contribution in [0.25, 0.3) is 0 Å². The van der Waals surface area contributed by atoms with Crippen LogP contribution in [0, 0.1) is 11.8 Å². The van der Waals surface area contributed by atoms with Crippen molar-refractivity contribution in [3.05, 3.63) is 35.9 Å². The van der Waals surface area contributed by atoms with Gasteiger partial charge >= 0.3 is 6.09 Å². The van der Waals surface area contributed by atoms with Crippen LogP contribution in [0.15, 0.2) is 30.3 Å². The maximum Gasteiger partial charge on any atom is 0.408 e. The Labute approximate surface area is 215 Å². The largest absolute Gasteiger partial charge is 0.445 e. The number of carbonyl (C=O) groups excluding carboxylic acids is 4. The molecular formula is C28H43N3O5. The van der Waals surface area contributed by atoms with Gasteiger partial charge in [0.25, 0.3) is 0 Å². The molecule has 0 heterocycles. The zero-order valence-electron chi connectivity index (χ0n) is 22.2. The normalized spacial score (nSPS) is 15.7. The number of nitrogens with one attached hydrogen (secondary N) is 2. The molecule has 200 valence electrons. The van der Waals surface area contributed by atoms with E-state index < -0.39 is 24.1 Å². The van der Waals surface area contributed by atoms with Crippen molar-refractivity contribution in [3.8, 4) is 0 Å². The second-order valence-electron chi connectivity index (χ2n) is 10.5. The number of alkyl carbamates (subject to hydrolysis) is 1. The van der Waals surface area contributed by atoms with Gasteiger partial charge in [0.05, 0.1) is 6.54 Å². The Kier molecular flexibility index (Phi) is 12.4. The number of rotatable bonds is 13. The first kappa shape index (κ1) is 29.3. The Morgan fingerprint density at radius 2 is 1.56 bits per heavy atom. The number of hydrogen-bond donors (Lipinski definition) is 2. The first-order valence-electron chi connectivity index (χ1n) is 13.2. The van der Waals surface area contributed by atoms with Crippen LogP contribution < -0.4 is 10.6 Å². The van der Waals surface area contributed by atoms with E-state index in [1.54, 1.807) is 4.90 Å². The fourth-order valence-corrected chi connectivity index (χ4v) is 4.67. The number of hydrogen-bond acceptors (Lipinski definition) is 5. The number of carbonyl (C=O) groups is 4. The van der Waals surface area contributed by atoms with E-state index >= 15 is 0 Å². The Bertz CT molecular complexity index is 837. The second kappa shape index (κ2) is 15.3. The summed E-state index contributed by atoms with van der Waals surface area (Å²) in [5, 5.41) is 5.57. The highest BCUT2D eigenvalue weighted by Crippen LogP contribution is 2.24. The number of benzene rings is 1. The van der Waals surface area contributed by atoms with Gasteiger partial charge in [-0.3, -0.25) is 9.59 Å². The summed E-state index contributed by atoms with van der Waals surface area (Å²) in [5.74, 6) is -0.376. The Morgan fingerprint density at radius 3 is 2.14 bits per heavy atom. The van der Waals surface area contributed by atoms with Crippen LogP contribution in [0.4, 0.5) is 4.79 Å². The Balaban J connectivity index is 2.10. The van der Waals surface area contributed by atoms with Gasteiger partial charge in [-0.05, 0) is 43.1 Å². The van der Waals surface area contributed by atoms with E-state index in [4.69, 9.17) is 4.74 Å². The zero-order chi connectivity index (χ0) is 26.5. The van der Waals surface area contributed by atoms with Crippen molar-refractivity contribution >= 4 is 24.2 Å². The molecule has 0 saturated heterocycles. The average Bonchev–Trinajstić information content (AvgIpc) is 2.85. The van der Waals surface area contributed by atoms with Crippen LogP contribution in [-0.2, 0) is 25.7 Å². The molecule has 0 radical (unpaired) electrons. The molecule has 8 heteroatoms. The van der Waals surface area contributed by atoms with Crippen LogP contribution in [0.1, 0.15) is 78.2 Å². The topological polar surface area (TPSA) is 105 Å². The monoisotopic (exact) mass is 501 g/mol. The number of aldehydes is 1. The van der Waals surface area contributed by atoms with Crippen molar-refractivity contribution in [1.82, 2.24) is 15.5 Å². The van der Waals surface area contributed by atoms with E-state index in [1.807, 2.05) is 58.0 Å². The van der Waals surface area contributed by atoms with Gasteiger partial charge < -0.3 is 25.1 Å². The molecule has 0 aromatic heterocycles. The van der Waals surface area contributed by atoms with E-state index in [0.29, 0.717) is 12.8 Å². The lowest BCUT2D eigenvalue weighted by atomic mass is 9.93. The predicted octanol–water partition coefficient (Wildman–Crippen LogP) is 4.22. The molecule has 36 heavy (non-hydrogen) atoms. The van der Waals surface area contributed by atoms with Crippen LogP contribution in [0.5, 0.6) is 0 Å². The molecule has 1 fully saturated rings. The van der Waals surface area contributed by atoms with Crippen molar-refractivity contribution in [3.63, 3.8) is 0 Å². The highest BCUT2D eigenvalue weighted by molar-refractivity contribution is 5.92. The van der Waals surface area contributed by atoms with Crippen LogP contribution in [0.3, 0.4) is 0 Å². The molecule has 1 aliphatic carbocycles. The molecule has 2 atom stereocenters. The summed E-state index contributed by atoms with van der Waals surface area (Å²) >= 11 is 0. The third kappa shape index (κ3) is 9.99. The fourth-order valence-electron chi connectivity index (χ4n) is 4.67. The SMILES string of the molecule is CC(C)C[C@H](NC(=O)OCc1ccccc1)C(=O)N[C@@H](CC(C)C)C(=O)N(CC=O)C1CCCCC1. The summed E-state index contributed by atoms with van der Waals surface area (Å²) in [6.07, 6.45) is 5.84. The molecule has 0 bridgehead atoms. The van der Waals surface area contributed by atoms with Crippen LogP contribution >= 0.6 is 0 Å². The lowest BCUT2D eigenvalue weighted by Gasteiger charge is -2.36. The first-order chi connectivity index (χ1) is 17.2. The number of amides is 3. The lowest BCUT2D eigenvalue weighted by molar-refractivity contribution is -0.141. The number of ether oxygens (including phenoxy) is 1. The van der Waals surface area contributed by atoms with E-state index in [0.717, 1.165) is 44.0 Å². The summed E-state index contributed by atoms with van der Waals surface area (Å²) < 4.78 is 5.31. The fraction of sp³-hybridized carbons (Fsp3) is 0.643. The van der Waals surface area contributed by atoms with Gasteiger partial charge in [0.1, 0.15) is 25.0 Å². The standard InChI is InChI=1S/C28H43N3O5/c1-20(2)17-24(30-28(35)36-19-22-11-7-5-8-12-22)26(33)29-25(18-21(3)4)27(34)31(15-16-32)23-13-9-6-10-14-23/h5,7-8,11-12,16,20-21,23-25H,6,9-10,13-15,17-19H2,1-4H3,(H,29,33)(H,30,35)/t24-,25-/m0/s1. The van der Waals surface area contributed by atoms with Gasteiger partial charge in [-0.25, -0.2) is 4.79 Å². The van der Waals surface area contributed by atoms with Crippen molar-refractivity contribution in [1.29, 1.82) is 0 Å². The molecule has 1 aliphatic rings. The maximum absolute atomic E-state index is 13.6. The summed E-state index contributed by atoms with van der Waals surface area (Å²) in [7, 11) is 0. The molecule has 0 unspecified atom stereocenters. The van der Waals surface area contributed by atoms with Crippen LogP contribution in [0.2, 0.25) is 0 Å². The van der Waals surface area contributed by atoms with E-state index in [-0.39, 0.29) is 36.9 Å². The molecule has 2 rings (SSSR count). The van der Waals surface area contributed by atoms with Gasteiger partial charge in [-0.2, -0.15) is 0 Å². The van der Waals surface area contributed by atoms with Gasteiger partial charge in [-0.15, -0.1) is 0 Å². The lowest BCUT2D eigenvalue weighted by Crippen LogP contribution is -2.57. The summed E-state index contributed by atoms with van der Waals surface area (Å²) in [5.41, 5.74) is 0.845. The Morgan fingerprint density at radius 1 is 0.944 bits per heavy atom. The van der Waals surface area contributed by atoms with E-state index in [2.05, 4.69) is 10.6 Å². The average molecular weight is 502 g/mol. The van der Waals surface area contributed by atoms with Gasteiger partial charge in [0.2, 0.25) is 11.8 Å². The smallest absolute Gasteiger partial charge is 0.408 e. The van der Waals surface area contributed by atoms with Gasteiger partial charge in [0.15, 0.2) is 0 Å². The molecule has 1 aromatic carbocycles. The zero-order valence-corrected chi connectivity index (χ0v) is 22.2. The third-order valence-corrected chi connectivity index (χ3v) is 6.42. The first-order valence-corrected chi connectivity index (χ1v) is 13.2.